The maximum atomic E-state index is 10.0. The van der Waals surface area contributed by atoms with Gasteiger partial charge in [0.25, 0.3) is 0 Å². The number of benzene rings is 2. The Morgan fingerprint density at radius 3 is 1.21 bits per heavy atom. The fourth-order valence-corrected chi connectivity index (χ4v) is 15.0. The van der Waals surface area contributed by atoms with Crippen molar-refractivity contribution in [1.82, 2.24) is 0 Å². The van der Waals surface area contributed by atoms with Crippen molar-refractivity contribution in [3.63, 3.8) is 0 Å². The summed E-state index contributed by atoms with van der Waals surface area (Å²) in [4.78, 5) is 10.0. The standard InChI is InChI=1S/C13H25NSi.C11H8N.C7H12NSi.C7H6O.C4H5N.C4H4N.C4H8O.C4H11Si.ClH.Mg.3H3P.3H2S.3Tl/c1-8-13(9-14)15(10(2)3,11(4)5)12(6)7;12-10-6-2-5-9-11-7-3-1-4-8-11;1-9(2,3)7-5-4-6-8;8-6-7-4-2-1-3-5-7;2*1-2-3-4-5;1-2-4-5-3-1;1-5(2,3)4;;;;;;;;;;;/h8,10-12H,1-7H3;1-5,7-9H;5H,7H2,1-3H3;1-6H;2-3H,1H3;2H,1H3;1-4H2;1H2,2-4H3;1H;;3*1H3;3*1H2;;;/q;;;;;;;-1;;+2;;;;;;;;;/p-4/b;6-2?,9-5+;;;;;;;;;;;;;;;;;. The molecule has 1 saturated heterocycles. The summed E-state index contributed by atoms with van der Waals surface area (Å²) < 4.78 is 7.78. The Morgan fingerprint density at radius 1 is 0.653 bits per heavy atom. The number of thiol groups is 3. The van der Waals surface area contributed by atoms with Gasteiger partial charge in [-0.2, -0.15) is 40.2 Å². The van der Waals surface area contributed by atoms with Crippen LogP contribution >= 0.6 is 29.7 Å². The maximum absolute atomic E-state index is 10.0. The zero-order valence-corrected chi connectivity index (χ0v) is 73.8. The van der Waals surface area contributed by atoms with E-state index in [1.165, 1.54) is 18.9 Å². The van der Waals surface area contributed by atoms with Crippen LogP contribution in [0.2, 0.25) is 61.9 Å². The predicted octanol–water partition coefficient (Wildman–Crippen LogP) is 10.5. The fourth-order valence-electron chi connectivity index (χ4n) is 5.85. The monoisotopic (exact) mass is 1790 g/mol. The summed E-state index contributed by atoms with van der Waals surface area (Å²) >= 11 is 2.05. The average molecular weight is 1790 g/mol. The summed E-state index contributed by atoms with van der Waals surface area (Å²) in [6.45, 7) is 38.9. The molecule has 0 amide bonds. The Morgan fingerprint density at radius 2 is 1.03 bits per heavy atom. The molecule has 3 rings (SSSR count). The number of hydrogen-bond acceptors (Lipinski definition) is 10. The smallest absolute Gasteiger partial charge is 1.00 e. The van der Waals surface area contributed by atoms with Crippen molar-refractivity contribution in [2.45, 2.75) is 137 Å². The molecule has 0 N–H and O–H groups in total. The zero-order valence-electron chi connectivity index (χ0n) is 48.3. The number of carbonyl (C=O) groups excluding carboxylic acids is 1. The third-order valence-corrected chi connectivity index (χ3v) is 21.7. The van der Waals surface area contributed by atoms with Crippen molar-refractivity contribution in [2.75, 3.05) is 13.2 Å². The Hall–Kier alpha value is 0.773. The molecule has 3 unspecified atom stereocenters. The van der Waals surface area contributed by atoms with Gasteiger partial charge < -0.3 is 64.2 Å². The van der Waals surface area contributed by atoms with E-state index in [4.69, 9.17) is 25.8 Å². The largest absolute Gasteiger partial charge is 2.00 e. The molecular weight excluding hydrogens is 1700 g/mol. The molecule has 0 bridgehead atoms. The number of aldehydes is 1. The van der Waals surface area contributed by atoms with Crippen LogP contribution < -0.4 is 12.4 Å². The molecule has 21 heteroatoms. The number of nitrogens with zero attached hydrogens (tertiary/aromatic N) is 5. The normalized spacial score (nSPS) is 11.1. The number of halogens is 1. The second-order valence-corrected chi connectivity index (χ2v) is 41.9. The van der Waals surface area contributed by atoms with E-state index in [-0.39, 0.29) is 106 Å². The molecule has 1 heterocycles. The van der Waals surface area contributed by atoms with E-state index in [2.05, 4.69) is 112 Å². The number of allylic oxidation sites excluding steroid dienone is 11. The Balaban J connectivity index is -0.0000000541. The first-order chi connectivity index (χ1) is 31.3. The summed E-state index contributed by atoms with van der Waals surface area (Å²) in [5.41, 5.74) is 3.78. The zero-order chi connectivity index (χ0) is 52.9. The van der Waals surface area contributed by atoms with Crippen LogP contribution in [0.25, 0.3) is 6.08 Å². The molecule has 1 fully saturated rings. The Bertz CT molecular complexity index is 2010. The van der Waals surface area contributed by atoms with E-state index >= 15 is 0 Å². The van der Waals surface area contributed by atoms with Gasteiger partial charge in [0.15, 0.2) is 0 Å². The molecule has 0 radical (unpaired) electrons. The van der Waals surface area contributed by atoms with E-state index in [9.17, 15) is 10.1 Å². The molecule has 0 saturated carbocycles. The topological polar surface area (TPSA) is 145 Å². The number of ether oxygens (including phenoxy) is 1. The molecule has 410 valence electrons. The summed E-state index contributed by atoms with van der Waals surface area (Å²) in [6.07, 6.45) is 18.3. The third-order valence-electron chi connectivity index (χ3n) is 8.74. The van der Waals surface area contributed by atoms with Crippen LogP contribution in [0.4, 0.5) is 0 Å². The number of nitriles is 5. The van der Waals surface area contributed by atoms with Gasteiger partial charge >= 0.3 is 251 Å². The summed E-state index contributed by atoms with van der Waals surface area (Å²) in [5.74, 6) is 0. The second-order valence-electron chi connectivity index (χ2n) is 18.1. The molecular formula is C54H91ClMgN5O2P3S3Si3Tl3-3. The van der Waals surface area contributed by atoms with Gasteiger partial charge in [-0.3, -0.25) is 4.79 Å². The summed E-state index contributed by atoms with van der Waals surface area (Å²) in [5, 5.41) is 43.2. The molecule has 2 aromatic carbocycles. The van der Waals surface area contributed by atoms with Crippen molar-refractivity contribution in [3.8, 4) is 30.3 Å². The van der Waals surface area contributed by atoms with Crippen LogP contribution in [0.3, 0.4) is 0 Å². The second kappa shape index (κ2) is 70.9. The van der Waals surface area contributed by atoms with Gasteiger partial charge in [0, 0.05) is 30.0 Å². The molecule has 7 nitrogen and oxygen atoms in total. The van der Waals surface area contributed by atoms with Crippen LogP contribution in [0.5, 0.6) is 0 Å². The minimum atomic E-state index is -1.66. The molecule has 3 atom stereocenters. The van der Waals surface area contributed by atoms with E-state index in [0.29, 0.717) is 93.9 Å². The molecule has 0 aliphatic carbocycles. The number of hydrogen-bond donors (Lipinski definition) is 0. The van der Waals surface area contributed by atoms with Gasteiger partial charge in [0.1, 0.15) is 14.4 Å². The van der Waals surface area contributed by atoms with Gasteiger partial charge in [-0.1, -0.05) is 104 Å². The van der Waals surface area contributed by atoms with E-state index in [1.54, 1.807) is 18.2 Å². The van der Waals surface area contributed by atoms with Crippen LogP contribution in [-0.2, 0) is 45.2 Å². The molecule has 0 aromatic heterocycles. The quantitative estimate of drug-likeness (QED) is 0.0348. The molecule has 1 aliphatic rings. The van der Waals surface area contributed by atoms with Crippen LogP contribution in [0.1, 0.15) is 91.1 Å². The number of rotatable bonds is 9. The molecule has 1 aliphatic heterocycles. The van der Waals surface area contributed by atoms with Crippen molar-refractivity contribution in [2.24, 2.45) is 0 Å². The van der Waals surface area contributed by atoms with E-state index in [0.717, 1.165) is 51.3 Å². The minimum Gasteiger partial charge on any atom is -1.00 e. The van der Waals surface area contributed by atoms with Gasteiger partial charge in [-0.15, -0.1) is 8.07 Å². The van der Waals surface area contributed by atoms with Crippen molar-refractivity contribution < 1.29 is 21.9 Å². The summed E-state index contributed by atoms with van der Waals surface area (Å²) in [6, 6.07) is 31.0. The minimum absolute atomic E-state index is 0. The maximum Gasteiger partial charge on any atom is 2.00 e. The number of carbonyl (C=O) groups is 1. The van der Waals surface area contributed by atoms with Gasteiger partial charge in [-0.05, 0) is 43.3 Å². The van der Waals surface area contributed by atoms with Crippen molar-refractivity contribution in [3.05, 3.63) is 135 Å². The first kappa shape index (κ1) is 108. The average Bonchev–Trinajstić information content (AvgIpc) is 3.89. The third kappa shape index (κ3) is 72.8. The van der Waals surface area contributed by atoms with Crippen molar-refractivity contribution in [1.29, 1.82) is 26.3 Å². The van der Waals surface area contributed by atoms with Crippen LogP contribution in [-0.4, -0.2) is 144 Å². The summed E-state index contributed by atoms with van der Waals surface area (Å²) in [7, 11) is -3.46. The fraction of sp³-hybridized carbons (Fsp3) is 0.426. The predicted molar refractivity (Wildman–Crippen MR) is 364 cm³/mol. The Labute approximate surface area is 564 Å². The SMILES string of the molecule is C/C=[C](/[Tl])C#N.C1CCOC1.CC=C(C#N)[Si](C(C)C)(C(C)C)C(C)C.CC=CC#N.C[Si](C)(C)C/C=[C](/[Tl])C#N.N#C/[C]([Tl])=C\C=C\c1ccccc1.O=Cc1ccccc1.P.P.P.[CH2-][Si](C)(C)C.[Cl-].[Mg+2].[SH-].[SH-].[SH-]. The van der Waals surface area contributed by atoms with Crippen LogP contribution in [0.15, 0.2) is 118 Å². The van der Waals surface area contributed by atoms with Gasteiger partial charge in [-0.25, -0.2) is 0 Å². The first-order valence-electron chi connectivity index (χ1n) is 22.6. The van der Waals surface area contributed by atoms with Gasteiger partial charge in [0.05, 0.1) is 12.1 Å². The molecule has 0 spiro atoms. The Kier molecular flexibility index (Phi) is 102. The molecule has 75 heavy (non-hydrogen) atoms. The van der Waals surface area contributed by atoms with Crippen LogP contribution in [0, 0.1) is 63.2 Å². The van der Waals surface area contributed by atoms with Crippen molar-refractivity contribution >= 4 is 207 Å². The van der Waals surface area contributed by atoms with E-state index in [1.807, 2.05) is 112 Å². The first-order valence-corrected chi connectivity index (χ1v) is 38.9. The van der Waals surface area contributed by atoms with E-state index < -0.39 is 24.2 Å². The van der Waals surface area contributed by atoms with Gasteiger partial charge in [0.2, 0.25) is 0 Å². The molecule has 2 aromatic rings.